The lowest BCUT2D eigenvalue weighted by Crippen LogP contribution is -2.46. The second-order valence-electron chi connectivity index (χ2n) is 5.03. The molecule has 0 rings (SSSR count). The fraction of sp³-hybridized carbons (Fsp3) is 0.692. The molecule has 0 aromatic carbocycles. The third-order valence-electron chi connectivity index (χ3n) is 2.92. The first kappa shape index (κ1) is 23.1. The van der Waals surface area contributed by atoms with Crippen molar-refractivity contribution in [1.82, 2.24) is 10.2 Å². The van der Waals surface area contributed by atoms with E-state index in [4.69, 9.17) is 20.4 Å². The van der Waals surface area contributed by atoms with Crippen LogP contribution >= 0.6 is 11.8 Å². The molecule has 0 heterocycles. The SMILES string of the molecule is O=C(O)CN(CC(=O)O)C(CCSCC(=O)NCC(O)CO)C(=O)O. The molecule has 11 nitrogen and oxygen atoms in total. The van der Waals surface area contributed by atoms with E-state index in [2.05, 4.69) is 5.32 Å². The standard InChI is InChI=1S/C13H22N2O9S/c16-6-8(17)3-14-10(18)7-25-2-1-9(13(23)24)15(4-11(19)20)5-12(21)22/h8-9,16-17H,1-7H2,(H,14,18)(H,19,20)(H,21,22)(H,23,24). The van der Waals surface area contributed by atoms with Crippen molar-refractivity contribution in [2.75, 3.05) is 37.7 Å². The number of aliphatic carboxylic acids is 3. The largest absolute Gasteiger partial charge is 0.480 e. The van der Waals surface area contributed by atoms with Crippen LogP contribution in [0.5, 0.6) is 0 Å². The summed E-state index contributed by atoms with van der Waals surface area (Å²) >= 11 is 1.08. The van der Waals surface area contributed by atoms with Crippen LogP contribution in [-0.2, 0) is 19.2 Å². The molecule has 25 heavy (non-hydrogen) atoms. The number of carboxylic acid groups (broad SMARTS) is 3. The first-order valence-corrected chi connectivity index (χ1v) is 8.36. The van der Waals surface area contributed by atoms with Crippen molar-refractivity contribution in [1.29, 1.82) is 0 Å². The highest BCUT2D eigenvalue weighted by Crippen LogP contribution is 2.11. The molecule has 0 aromatic heterocycles. The molecule has 0 saturated carbocycles. The Balaban J connectivity index is 4.42. The Hall–Kier alpha value is -1.89. The molecule has 6 N–H and O–H groups in total. The summed E-state index contributed by atoms with van der Waals surface area (Å²) < 4.78 is 0. The lowest BCUT2D eigenvalue weighted by atomic mass is 10.2. The van der Waals surface area contributed by atoms with Crippen LogP contribution < -0.4 is 5.32 Å². The van der Waals surface area contributed by atoms with Crippen molar-refractivity contribution >= 4 is 35.6 Å². The van der Waals surface area contributed by atoms with Gasteiger partial charge in [-0.25, -0.2) is 0 Å². The highest BCUT2D eigenvalue weighted by Gasteiger charge is 2.28. The maximum absolute atomic E-state index is 11.5. The molecular weight excluding hydrogens is 360 g/mol. The molecule has 1 amide bonds. The Labute approximate surface area is 147 Å². The molecule has 0 aliphatic rings. The van der Waals surface area contributed by atoms with Crippen molar-refractivity contribution in [2.45, 2.75) is 18.6 Å². The maximum Gasteiger partial charge on any atom is 0.320 e. The minimum absolute atomic E-state index is 0.0254. The summed E-state index contributed by atoms with van der Waals surface area (Å²) in [6.07, 6.45) is -1.11. The number of nitrogens with zero attached hydrogens (tertiary/aromatic N) is 1. The predicted molar refractivity (Wildman–Crippen MR) is 86.3 cm³/mol. The van der Waals surface area contributed by atoms with Gasteiger partial charge >= 0.3 is 17.9 Å². The quantitative estimate of drug-likeness (QED) is 0.174. The predicted octanol–water partition coefficient (Wildman–Crippen LogP) is -2.50. The van der Waals surface area contributed by atoms with Gasteiger partial charge in [0, 0.05) is 6.54 Å². The van der Waals surface area contributed by atoms with Gasteiger partial charge in [0.25, 0.3) is 0 Å². The summed E-state index contributed by atoms with van der Waals surface area (Å²) in [4.78, 5) is 45.1. The monoisotopic (exact) mass is 382 g/mol. The van der Waals surface area contributed by atoms with Crippen LogP contribution in [0.25, 0.3) is 0 Å². The number of carbonyl (C=O) groups is 4. The van der Waals surface area contributed by atoms with Gasteiger partial charge in [-0.2, -0.15) is 11.8 Å². The number of thioether (sulfide) groups is 1. The van der Waals surface area contributed by atoms with Gasteiger partial charge in [-0.05, 0) is 12.2 Å². The molecule has 0 spiro atoms. The van der Waals surface area contributed by atoms with Crippen molar-refractivity contribution in [3.8, 4) is 0 Å². The van der Waals surface area contributed by atoms with Gasteiger partial charge in [0.1, 0.15) is 6.04 Å². The van der Waals surface area contributed by atoms with Gasteiger partial charge in [0.05, 0.1) is 31.6 Å². The molecule has 0 aliphatic carbocycles. The molecular formula is C13H22N2O9S. The van der Waals surface area contributed by atoms with E-state index in [1.807, 2.05) is 0 Å². The smallest absolute Gasteiger partial charge is 0.320 e. The number of carboxylic acids is 3. The Kier molecular flexibility index (Phi) is 11.5. The lowest BCUT2D eigenvalue weighted by molar-refractivity contribution is -0.149. The van der Waals surface area contributed by atoms with E-state index < -0.39 is 55.7 Å². The van der Waals surface area contributed by atoms with E-state index in [-0.39, 0.29) is 24.5 Å². The van der Waals surface area contributed by atoms with Gasteiger partial charge in [0.2, 0.25) is 5.91 Å². The van der Waals surface area contributed by atoms with Crippen molar-refractivity contribution in [3.05, 3.63) is 0 Å². The number of aliphatic hydroxyl groups excluding tert-OH is 2. The Bertz CT molecular complexity index is 458. The Morgan fingerprint density at radius 2 is 1.60 bits per heavy atom. The van der Waals surface area contributed by atoms with E-state index >= 15 is 0 Å². The molecule has 0 aromatic rings. The molecule has 2 unspecified atom stereocenters. The number of rotatable bonds is 14. The fourth-order valence-corrected chi connectivity index (χ4v) is 2.61. The van der Waals surface area contributed by atoms with Gasteiger partial charge in [-0.3, -0.25) is 24.1 Å². The Morgan fingerprint density at radius 3 is 2.04 bits per heavy atom. The van der Waals surface area contributed by atoms with Gasteiger partial charge in [-0.1, -0.05) is 0 Å². The highest BCUT2D eigenvalue weighted by molar-refractivity contribution is 7.99. The van der Waals surface area contributed by atoms with Crippen molar-refractivity contribution in [3.63, 3.8) is 0 Å². The second kappa shape index (κ2) is 12.5. The van der Waals surface area contributed by atoms with Crippen LogP contribution in [0.4, 0.5) is 0 Å². The number of aliphatic hydroxyl groups is 2. The summed E-state index contributed by atoms with van der Waals surface area (Å²) in [6.45, 7) is -2.06. The number of carbonyl (C=O) groups excluding carboxylic acids is 1. The molecule has 0 bridgehead atoms. The zero-order valence-corrected chi connectivity index (χ0v) is 14.1. The van der Waals surface area contributed by atoms with E-state index in [9.17, 15) is 24.3 Å². The van der Waals surface area contributed by atoms with Gasteiger partial charge in [0.15, 0.2) is 0 Å². The van der Waals surface area contributed by atoms with Crippen LogP contribution in [0, 0.1) is 0 Å². The van der Waals surface area contributed by atoms with E-state index in [1.165, 1.54) is 0 Å². The minimum atomic E-state index is -1.35. The van der Waals surface area contributed by atoms with Crippen LogP contribution in [0.1, 0.15) is 6.42 Å². The van der Waals surface area contributed by atoms with E-state index in [1.54, 1.807) is 0 Å². The highest BCUT2D eigenvalue weighted by atomic mass is 32.2. The summed E-state index contributed by atoms with van der Waals surface area (Å²) in [5.41, 5.74) is 0. The third kappa shape index (κ3) is 11.3. The first-order valence-electron chi connectivity index (χ1n) is 7.21. The normalized spacial score (nSPS) is 13.2. The fourth-order valence-electron chi connectivity index (χ4n) is 1.79. The average molecular weight is 382 g/mol. The summed E-state index contributed by atoms with van der Waals surface area (Å²) in [5.74, 6) is -4.30. The number of hydrogen-bond acceptors (Lipinski definition) is 8. The number of hydrogen-bond donors (Lipinski definition) is 6. The first-order chi connectivity index (χ1) is 11.7. The van der Waals surface area contributed by atoms with E-state index in [0.29, 0.717) is 0 Å². The molecule has 12 heteroatoms. The third-order valence-corrected chi connectivity index (χ3v) is 3.91. The van der Waals surface area contributed by atoms with Crippen molar-refractivity contribution in [2.24, 2.45) is 0 Å². The zero-order valence-electron chi connectivity index (χ0n) is 13.3. The molecule has 2 atom stereocenters. The maximum atomic E-state index is 11.5. The topological polar surface area (TPSA) is 185 Å². The van der Waals surface area contributed by atoms with Crippen LogP contribution in [0.15, 0.2) is 0 Å². The summed E-state index contributed by atoms with van der Waals surface area (Å²) in [5, 5.41) is 46.8. The van der Waals surface area contributed by atoms with Crippen LogP contribution in [0.3, 0.4) is 0 Å². The molecule has 0 radical (unpaired) electrons. The lowest BCUT2D eigenvalue weighted by Gasteiger charge is -2.25. The minimum Gasteiger partial charge on any atom is -0.480 e. The summed E-state index contributed by atoms with van der Waals surface area (Å²) in [7, 11) is 0. The van der Waals surface area contributed by atoms with E-state index in [0.717, 1.165) is 16.7 Å². The molecule has 0 fully saturated rings. The number of nitrogens with one attached hydrogen (secondary N) is 1. The number of amides is 1. The van der Waals surface area contributed by atoms with Crippen LogP contribution in [-0.4, -0.2) is 104 Å². The molecule has 144 valence electrons. The van der Waals surface area contributed by atoms with Gasteiger partial charge < -0.3 is 30.8 Å². The zero-order chi connectivity index (χ0) is 19.4. The molecule has 0 aliphatic heterocycles. The second-order valence-corrected chi connectivity index (χ2v) is 6.13. The Morgan fingerprint density at radius 1 is 1.04 bits per heavy atom. The average Bonchev–Trinajstić information content (AvgIpc) is 2.50. The van der Waals surface area contributed by atoms with Crippen LogP contribution in [0.2, 0.25) is 0 Å². The molecule has 0 saturated heterocycles. The summed E-state index contributed by atoms with van der Waals surface area (Å²) in [6, 6.07) is -1.31. The van der Waals surface area contributed by atoms with Crippen molar-refractivity contribution < 1.29 is 44.7 Å². The van der Waals surface area contributed by atoms with Gasteiger partial charge in [-0.15, -0.1) is 0 Å².